The maximum atomic E-state index is 12.9. The van der Waals surface area contributed by atoms with Crippen LogP contribution in [-0.2, 0) is 0 Å². The predicted octanol–water partition coefficient (Wildman–Crippen LogP) is 4.11. The van der Waals surface area contributed by atoms with Crippen molar-refractivity contribution < 1.29 is 9.59 Å². The number of amides is 2. The lowest BCUT2D eigenvalue weighted by Crippen LogP contribution is -2.61. The molecule has 5 heterocycles. The normalized spacial score (nSPS) is 25.3. The number of anilines is 3. The molecule has 2 aromatic heterocycles. The Hall–Kier alpha value is -3.75. The molecule has 9 nitrogen and oxygen atoms in total. The van der Waals surface area contributed by atoms with Crippen molar-refractivity contribution in [1.29, 1.82) is 0 Å². The molecule has 0 spiro atoms. The van der Waals surface area contributed by atoms with Gasteiger partial charge in [-0.15, -0.1) is 0 Å². The van der Waals surface area contributed by atoms with Crippen molar-refractivity contribution in [3.05, 3.63) is 59.4 Å². The maximum absolute atomic E-state index is 12.9. The second kappa shape index (κ2) is 8.15. The summed E-state index contributed by atoms with van der Waals surface area (Å²) < 4.78 is 0. The molecule has 2 aliphatic carbocycles. The van der Waals surface area contributed by atoms with Crippen molar-refractivity contribution >= 4 is 29.4 Å². The smallest absolute Gasteiger partial charge is 0.261 e. The van der Waals surface area contributed by atoms with Gasteiger partial charge in [-0.05, 0) is 49.8 Å². The predicted molar refractivity (Wildman–Crippen MR) is 134 cm³/mol. The van der Waals surface area contributed by atoms with Crippen LogP contribution in [0.25, 0.3) is 0 Å². The van der Waals surface area contributed by atoms with E-state index in [2.05, 4.69) is 31.5 Å². The van der Waals surface area contributed by atoms with Gasteiger partial charge in [0, 0.05) is 48.9 Å². The quantitative estimate of drug-likeness (QED) is 0.508. The van der Waals surface area contributed by atoms with Crippen LogP contribution in [0, 0.1) is 11.3 Å². The van der Waals surface area contributed by atoms with Crippen LogP contribution in [0.4, 0.5) is 17.6 Å². The first-order valence-electron chi connectivity index (χ1n) is 12.9. The van der Waals surface area contributed by atoms with Crippen LogP contribution in [0.2, 0.25) is 0 Å². The molecule has 0 unspecified atom stereocenters. The third-order valence-electron chi connectivity index (χ3n) is 8.39. The number of carbonyl (C=O) groups is 2. The number of nitrogens with one attached hydrogen (secondary N) is 2. The van der Waals surface area contributed by atoms with Crippen LogP contribution in [0.15, 0.2) is 42.6 Å². The fourth-order valence-corrected chi connectivity index (χ4v) is 6.80. The number of nitrogens with zero attached hydrogens (tertiary/aromatic N) is 5. The van der Waals surface area contributed by atoms with Gasteiger partial charge in [0.15, 0.2) is 5.82 Å². The SMILES string of the molecule is O=C1c2ccccc2C(=O)N1CC12CC(CN(c3nccc(Nc4cc(C5CCCC5)[nH]n4)n3)C1)C2. The van der Waals surface area contributed by atoms with E-state index in [1.165, 1.54) is 36.3 Å². The Balaban J connectivity index is 1.05. The molecule has 1 aromatic carbocycles. The van der Waals surface area contributed by atoms with Gasteiger partial charge < -0.3 is 10.2 Å². The summed E-state index contributed by atoms with van der Waals surface area (Å²) >= 11 is 0. The van der Waals surface area contributed by atoms with E-state index in [-0.39, 0.29) is 17.2 Å². The molecule has 5 aliphatic rings. The zero-order valence-electron chi connectivity index (χ0n) is 20.1. The van der Waals surface area contributed by atoms with E-state index in [4.69, 9.17) is 4.98 Å². The van der Waals surface area contributed by atoms with Gasteiger partial charge >= 0.3 is 0 Å². The fourth-order valence-electron chi connectivity index (χ4n) is 6.80. The van der Waals surface area contributed by atoms with Crippen LogP contribution < -0.4 is 10.2 Å². The van der Waals surface area contributed by atoms with E-state index in [1.807, 2.05) is 18.2 Å². The highest BCUT2D eigenvalue weighted by Crippen LogP contribution is 2.52. The van der Waals surface area contributed by atoms with Crippen LogP contribution in [0.3, 0.4) is 0 Å². The van der Waals surface area contributed by atoms with Crippen molar-refractivity contribution in [2.45, 2.75) is 44.4 Å². The number of H-pyrrole nitrogens is 1. The highest BCUT2D eigenvalue weighted by molar-refractivity contribution is 6.21. The Morgan fingerprint density at radius 1 is 1.03 bits per heavy atom. The summed E-state index contributed by atoms with van der Waals surface area (Å²) in [7, 11) is 0. The van der Waals surface area contributed by atoms with Gasteiger partial charge in [0.2, 0.25) is 5.95 Å². The maximum Gasteiger partial charge on any atom is 0.261 e. The standard InChI is InChI=1S/C27H29N7O2/c35-24-19-7-3-4-8-20(19)25(36)34(24)16-27-12-17(13-27)14-33(15-27)26-28-10-9-22(30-26)29-23-11-21(31-32-23)18-5-1-2-6-18/h3-4,7-11,17-18H,1-2,5-6,12-16H2,(H2,28,29,30,31,32). The van der Waals surface area contributed by atoms with E-state index in [1.54, 1.807) is 18.3 Å². The van der Waals surface area contributed by atoms with E-state index in [0.29, 0.717) is 41.3 Å². The summed E-state index contributed by atoms with van der Waals surface area (Å²) in [6.07, 6.45) is 8.82. The number of hydrogen-bond acceptors (Lipinski definition) is 7. The summed E-state index contributed by atoms with van der Waals surface area (Å²) in [6.45, 7) is 2.07. The molecule has 8 rings (SSSR count). The molecule has 4 fully saturated rings. The highest BCUT2D eigenvalue weighted by Gasteiger charge is 2.53. The number of rotatable bonds is 6. The van der Waals surface area contributed by atoms with E-state index >= 15 is 0 Å². The molecule has 2 N–H and O–H groups in total. The first-order chi connectivity index (χ1) is 17.6. The van der Waals surface area contributed by atoms with Crippen molar-refractivity contribution in [3.63, 3.8) is 0 Å². The number of aromatic nitrogens is 4. The third kappa shape index (κ3) is 3.56. The average Bonchev–Trinajstić information content (AvgIpc) is 3.62. The molecule has 0 radical (unpaired) electrons. The van der Waals surface area contributed by atoms with Gasteiger partial charge in [-0.25, -0.2) is 4.98 Å². The van der Waals surface area contributed by atoms with Crippen LogP contribution >= 0.6 is 0 Å². The van der Waals surface area contributed by atoms with Gasteiger partial charge in [-0.1, -0.05) is 25.0 Å². The lowest BCUT2D eigenvalue weighted by molar-refractivity contribution is 0.00206. The van der Waals surface area contributed by atoms with Gasteiger partial charge in [0.25, 0.3) is 11.8 Å². The monoisotopic (exact) mass is 483 g/mol. The Morgan fingerprint density at radius 3 is 2.53 bits per heavy atom. The molecular formula is C27H29N7O2. The molecular weight excluding hydrogens is 454 g/mol. The number of fused-ring (bicyclic) bond motifs is 3. The Morgan fingerprint density at radius 2 is 1.78 bits per heavy atom. The van der Waals surface area contributed by atoms with Gasteiger partial charge in [-0.2, -0.15) is 10.1 Å². The molecule has 2 saturated heterocycles. The molecule has 2 amide bonds. The van der Waals surface area contributed by atoms with Gasteiger partial charge in [0.05, 0.1) is 11.1 Å². The summed E-state index contributed by atoms with van der Waals surface area (Å²) in [6, 6.07) is 11.0. The fraction of sp³-hybridized carbons (Fsp3) is 0.444. The first kappa shape index (κ1) is 21.5. The number of benzene rings is 1. The average molecular weight is 484 g/mol. The zero-order chi connectivity index (χ0) is 24.3. The largest absolute Gasteiger partial charge is 0.340 e. The molecule has 9 heteroatoms. The molecule has 3 aromatic rings. The van der Waals surface area contributed by atoms with E-state index < -0.39 is 0 Å². The summed E-state index contributed by atoms with van der Waals surface area (Å²) in [5, 5.41) is 10.9. The lowest BCUT2D eigenvalue weighted by Gasteiger charge is -2.57. The lowest BCUT2D eigenvalue weighted by atomic mass is 9.58. The molecule has 184 valence electrons. The van der Waals surface area contributed by atoms with Crippen molar-refractivity contribution in [2.24, 2.45) is 11.3 Å². The Kier molecular flexibility index (Phi) is 4.87. The van der Waals surface area contributed by atoms with E-state index in [0.717, 1.165) is 31.7 Å². The van der Waals surface area contributed by atoms with E-state index in [9.17, 15) is 9.59 Å². The third-order valence-corrected chi connectivity index (χ3v) is 8.39. The second-order valence-electron chi connectivity index (χ2n) is 11.0. The Labute approximate surface area is 209 Å². The number of imide groups is 1. The van der Waals surface area contributed by atoms with Crippen LogP contribution in [-0.4, -0.2) is 56.5 Å². The van der Waals surface area contributed by atoms with Gasteiger partial charge in [-0.3, -0.25) is 19.6 Å². The summed E-state index contributed by atoms with van der Waals surface area (Å²) in [4.78, 5) is 38.9. The minimum Gasteiger partial charge on any atom is -0.340 e. The molecule has 2 saturated carbocycles. The number of piperidine rings is 2. The highest BCUT2D eigenvalue weighted by atomic mass is 16.2. The van der Waals surface area contributed by atoms with Crippen molar-refractivity contribution in [2.75, 3.05) is 29.9 Å². The number of aromatic amines is 1. The van der Waals surface area contributed by atoms with Gasteiger partial charge in [0.1, 0.15) is 5.82 Å². The molecule has 2 bridgehead atoms. The second-order valence-corrected chi connectivity index (χ2v) is 11.0. The number of hydrogen-bond donors (Lipinski definition) is 2. The number of carbonyl (C=O) groups excluding carboxylic acids is 2. The van der Waals surface area contributed by atoms with Crippen molar-refractivity contribution in [1.82, 2.24) is 25.1 Å². The minimum atomic E-state index is -0.177. The summed E-state index contributed by atoms with van der Waals surface area (Å²) in [5.41, 5.74) is 2.11. The van der Waals surface area contributed by atoms with Crippen LogP contribution in [0.1, 0.15) is 70.9 Å². The topological polar surface area (TPSA) is 107 Å². The molecule has 3 aliphatic heterocycles. The Bertz CT molecular complexity index is 1300. The molecule has 36 heavy (non-hydrogen) atoms. The summed E-state index contributed by atoms with van der Waals surface area (Å²) in [5.74, 6) is 2.89. The first-order valence-corrected chi connectivity index (χ1v) is 12.9. The molecule has 0 atom stereocenters. The zero-order valence-corrected chi connectivity index (χ0v) is 20.1. The minimum absolute atomic E-state index is 0.110. The van der Waals surface area contributed by atoms with Crippen LogP contribution in [0.5, 0.6) is 0 Å². The van der Waals surface area contributed by atoms with Crippen molar-refractivity contribution in [3.8, 4) is 0 Å².